The second kappa shape index (κ2) is 9.19. The van der Waals surface area contributed by atoms with Gasteiger partial charge in [0.1, 0.15) is 5.60 Å². The summed E-state index contributed by atoms with van der Waals surface area (Å²) >= 11 is 0. The molecule has 4 heteroatoms. The van der Waals surface area contributed by atoms with Crippen LogP contribution in [0.5, 0.6) is 0 Å². The lowest BCUT2D eigenvalue weighted by Crippen LogP contribution is -2.39. The van der Waals surface area contributed by atoms with Crippen LogP contribution in [-0.4, -0.2) is 29.0 Å². The fourth-order valence-corrected chi connectivity index (χ4v) is 1.51. The molecule has 0 aliphatic rings. The van der Waals surface area contributed by atoms with Gasteiger partial charge in [0.05, 0.1) is 6.04 Å². The van der Waals surface area contributed by atoms with Crippen molar-refractivity contribution in [3.63, 3.8) is 0 Å². The molecule has 1 atom stereocenters. The maximum atomic E-state index is 12.2. The van der Waals surface area contributed by atoms with Crippen LogP contribution in [0.3, 0.4) is 0 Å². The van der Waals surface area contributed by atoms with E-state index in [-0.39, 0.29) is 6.04 Å². The Balaban J connectivity index is 4.94. The molecule has 0 fully saturated rings. The summed E-state index contributed by atoms with van der Waals surface area (Å²) in [4.78, 5) is 12.2. The zero-order valence-electron chi connectivity index (χ0n) is 13.1. The maximum Gasteiger partial charge on any atom is 0.431 e. The van der Waals surface area contributed by atoms with Gasteiger partial charge >= 0.3 is 6.09 Å². The molecule has 20 heavy (non-hydrogen) atoms. The van der Waals surface area contributed by atoms with E-state index < -0.39 is 11.7 Å². The molecule has 0 rings (SSSR count). The molecule has 0 spiro atoms. The molecule has 112 valence electrons. The summed E-state index contributed by atoms with van der Waals surface area (Å²) in [5.41, 5.74) is -0.554. The van der Waals surface area contributed by atoms with Crippen LogP contribution in [0.2, 0.25) is 0 Å². The van der Waals surface area contributed by atoms with E-state index in [1.165, 1.54) is 5.01 Å². The molecule has 0 aromatic heterocycles. The van der Waals surface area contributed by atoms with Crippen LogP contribution < -0.4 is 0 Å². The molecule has 1 unspecified atom stereocenters. The number of hydrazone groups is 1. The number of carbonyl (C=O) groups is 1. The smallest absolute Gasteiger partial charge is 0.431 e. The molecule has 0 aliphatic carbocycles. The molecule has 0 aliphatic heterocycles. The van der Waals surface area contributed by atoms with Gasteiger partial charge in [-0.05, 0) is 33.6 Å². The van der Waals surface area contributed by atoms with Crippen LogP contribution in [0.1, 0.15) is 53.4 Å². The van der Waals surface area contributed by atoms with Crippen molar-refractivity contribution in [1.29, 1.82) is 0 Å². The van der Waals surface area contributed by atoms with Crippen molar-refractivity contribution in [2.45, 2.75) is 65.0 Å². The van der Waals surface area contributed by atoms with Crippen molar-refractivity contribution in [2.75, 3.05) is 0 Å². The van der Waals surface area contributed by atoms with Crippen LogP contribution in [0.4, 0.5) is 4.79 Å². The molecule has 1 amide bonds. The van der Waals surface area contributed by atoms with Gasteiger partial charge in [-0.25, -0.2) is 4.79 Å². The van der Waals surface area contributed by atoms with Gasteiger partial charge in [-0.1, -0.05) is 19.4 Å². The minimum absolute atomic E-state index is 0.170. The summed E-state index contributed by atoms with van der Waals surface area (Å²) in [6, 6.07) is -0.170. The molecule has 0 aromatic carbocycles. The van der Waals surface area contributed by atoms with E-state index >= 15 is 0 Å². The summed E-state index contributed by atoms with van der Waals surface area (Å²) in [5.74, 6) is 2.53. The largest absolute Gasteiger partial charge is 0.442 e. The van der Waals surface area contributed by atoms with E-state index in [9.17, 15) is 4.79 Å². The van der Waals surface area contributed by atoms with Gasteiger partial charge in [-0.15, -0.1) is 18.9 Å². The third kappa shape index (κ3) is 7.63. The van der Waals surface area contributed by atoms with Gasteiger partial charge in [0.15, 0.2) is 0 Å². The van der Waals surface area contributed by atoms with Crippen LogP contribution in [0, 0.1) is 12.3 Å². The van der Waals surface area contributed by atoms with Gasteiger partial charge < -0.3 is 4.74 Å². The van der Waals surface area contributed by atoms with Crippen LogP contribution >= 0.6 is 0 Å². The zero-order chi connectivity index (χ0) is 15.6. The van der Waals surface area contributed by atoms with Crippen molar-refractivity contribution < 1.29 is 9.53 Å². The average Bonchev–Trinajstić information content (AvgIpc) is 2.34. The fourth-order valence-electron chi connectivity index (χ4n) is 1.51. The lowest BCUT2D eigenvalue weighted by Gasteiger charge is -2.28. The second-order valence-corrected chi connectivity index (χ2v) is 5.46. The molecule has 0 saturated carbocycles. The molecule has 4 nitrogen and oxygen atoms in total. The fraction of sp³-hybridized carbons (Fsp3) is 0.625. The first-order chi connectivity index (χ1) is 9.35. The monoisotopic (exact) mass is 278 g/mol. The average molecular weight is 278 g/mol. The van der Waals surface area contributed by atoms with Gasteiger partial charge in [0, 0.05) is 12.6 Å². The van der Waals surface area contributed by atoms with Crippen molar-refractivity contribution >= 4 is 12.3 Å². The highest BCUT2D eigenvalue weighted by Gasteiger charge is 2.26. The predicted octanol–water partition coefficient (Wildman–Crippen LogP) is 3.98. The van der Waals surface area contributed by atoms with Gasteiger partial charge in [-0.2, -0.15) is 10.1 Å². The molecule has 0 heterocycles. The highest BCUT2D eigenvalue weighted by molar-refractivity contribution is 5.70. The SMILES string of the molecule is C#CCC/C=N/N(C(=O)OC(C)(C)C)C(C=C)CCC. The Labute approximate surface area is 122 Å². The van der Waals surface area contributed by atoms with Crippen molar-refractivity contribution in [2.24, 2.45) is 5.10 Å². The lowest BCUT2D eigenvalue weighted by molar-refractivity contribution is 0.0199. The van der Waals surface area contributed by atoms with Crippen molar-refractivity contribution in [1.82, 2.24) is 5.01 Å². The van der Waals surface area contributed by atoms with E-state index in [0.717, 1.165) is 12.8 Å². The highest BCUT2D eigenvalue weighted by Crippen LogP contribution is 2.15. The van der Waals surface area contributed by atoms with E-state index in [2.05, 4.69) is 17.6 Å². The second-order valence-electron chi connectivity index (χ2n) is 5.46. The van der Waals surface area contributed by atoms with Crippen LogP contribution in [0.25, 0.3) is 0 Å². The number of unbranched alkanes of at least 4 members (excludes halogenated alkanes) is 1. The Morgan fingerprint density at radius 3 is 2.65 bits per heavy atom. The summed E-state index contributed by atoms with van der Waals surface area (Å²) < 4.78 is 5.37. The number of terminal acetylenes is 1. The molecular formula is C16H26N2O2. The van der Waals surface area contributed by atoms with Crippen LogP contribution in [0.15, 0.2) is 17.8 Å². The zero-order valence-corrected chi connectivity index (χ0v) is 13.1. The number of nitrogens with zero attached hydrogens (tertiary/aromatic N) is 2. The Hall–Kier alpha value is -1.76. The third-order valence-corrected chi connectivity index (χ3v) is 2.38. The Morgan fingerprint density at radius 1 is 1.55 bits per heavy atom. The summed E-state index contributed by atoms with van der Waals surface area (Å²) in [7, 11) is 0. The molecule has 0 bridgehead atoms. The highest BCUT2D eigenvalue weighted by atomic mass is 16.6. The predicted molar refractivity (Wildman–Crippen MR) is 83.5 cm³/mol. The van der Waals surface area contributed by atoms with Gasteiger partial charge in [0.2, 0.25) is 0 Å². The summed E-state index contributed by atoms with van der Waals surface area (Å²) in [6.07, 6.45) is 11.0. The first-order valence-corrected chi connectivity index (χ1v) is 6.96. The third-order valence-electron chi connectivity index (χ3n) is 2.38. The molecular weight excluding hydrogens is 252 g/mol. The van der Waals surface area contributed by atoms with E-state index in [0.29, 0.717) is 12.8 Å². The number of hydrogen-bond acceptors (Lipinski definition) is 3. The Morgan fingerprint density at radius 2 is 2.20 bits per heavy atom. The topological polar surface area (TPSA) is 41.9 Å². The first kappa shape index (κ1) is 18.2. The van der Waals surface area contributed by atoms with E-state index in [1.807, 2.05) is 27.7 Å². The Kier molecular flexibility index (Phi) is 8.38. The van der Waals surface area contributed by atoms with Gasteiger partial charge in [0.25, 0.3) is 0 Å². The summed E-state index contributed by atoms with van der Waals surface area (Å²) in [5, 5.41) is 5.55. The number of hydrogen-bond donors (Lipinski definition) is 0. The van der Waals surface area contributed by atoms with E-state index in [4.69, 9.17) is 11.2 Å². The Bertz CT molecular complexity index is 375. The van der Waals surface area contributed by atoms with Crippen LogP contribution in [-0.2, 0) is 4.74 Å². The lowest BCUT2D eigenvalue weighted by atomic mass is 10.1. The first-order valence-electron chi connectivity index (χ1n) is 6.96. The van der Waals surface area contributed by atoms with Crippen molar-refractivity contribution in [3.05, 3.63) is 12.7 Å². The standard InChI is InChI=1S/C16H26N2O2/c1-7-10-11-13-17-18(14(9-3)12-8-2)15(19)20-16(4,5)6/h1,9,13-14H,3,8,10-12H2,2,4-6H3/b17-13+. The maximum absolute atomic E-state index is 12.2. The number of ether oxygens (including phenoxy) is 1. The van der Waals surface area contributed by atoms with Crippen molar-refractivity contribution in [3.8, 4) is 12.3 Å². The molecule has 0 radical (unpaired) electrons. The number of amides is 1. The normalized spacial score (nSPS) is 12.8. The quantitative estimate of drug-likeness (QED) is 0.232. The minimum Gasteiger partial charge on any atom is -0.442 e. The summed E-state index contributed by atoms with van der Waals surface area (Å²) in [6.45, 7) is 11.3. The van der Waals surface area contributed by atoms with E-state index in [1.54, 1.807) is 12.3 Å². The minimum atomic E-state index is -0.554. The number of rotatable bonds is 7. The molecule has 0 N–H and O–H groups in total. The number of carbonyl (C=O) groups excluding carboxylic acids is 1. The molecule has 0 saturated heterocycles. The molecule has 0 aromatic rings. The van der Waals surface area contributed by atoms with Gasteiger partial charge in [-0.3, -0.25) is 0 Å².